The Labute approximate surface area is 149 Å². The maximum absolute atomic E-state index is 13.3. The molecule has 1 amide bonds. The number of methoxy groups -OCH3 is 1. The first-order chi connectivity index (χ1) is 12.1. The van der Waals surface area contributed by atoms with E-state index in [0.717, 1.165) is 30.0 Å². The van der Waals surface area contributed by atoms with Crippen LogP contribution in [0.25, 0.3) is 0 Å². The van der Waals surface area contributed by atoms with Gasteiger partial charge in [-0.1, -0.05) is 48.0 Å². The van der Waals surface area contributed by atoms with Crippen LogP contribution in [0, 0.1) is 6.92 Å². The molecule has 0 aromatic heterocycles. The second-order valence-electron chi connectivity index (χ2n) is 6.63. The lowest BCUT2D eigenvalue weighted by molar-refractivity contribution is -0.135. The van der Waals surface area contributed by atoms with Crippen LogP contribution in [-0.2, 0) is 4.79 Å². The van der Waals surface area contributed by atoms with Crippen molar-refractivity contribution >= 4 is 5.91 Å². The summed E-state index contributed by atoms with van der Waals surface area (Å²) < 4.78 is 5.52. The van der Waals surface area contributed by atoms with E-state index in [1.54, 1.807) is 7.11 Å². The van der Waals surface area contributed by atoms with Gasteiger partial charge in [-0.15, -0.1) is 0 Å². The number of amides is 1. The van der Waals surface area contributed by atoms with Crippen LogP contribution in [0.5, 0.6) is 5.75 Å². The molecular formula is C21H26N2O2. The Kier molecular flexibility index (Phi) is 5.39. The molecule has 1 heterocycles. The number of carbonyl (C=O) groups is 1. The van der Waals surface area contributed by atoms with Gasteiger partial charge in [0.1, 0.15) is 5.75 Å². The number of ether oxygens (including phenoxy) is 1. The van der Waals surface area contributed by atoms with Crippen LogP contribution >= 0.6 is 0 Å². The lowest BCUT2D eigenvalue weighted by Crippen LogP contribution is -2.49. The number of benzene rings is 2. The third kappa shape index (κ3) is 3.69. The van der Waals surface area contributed by atoms with E-state index in [4.69, 9.17) is 4.74 Å². The van der Waals surface area contributed by atoms with Crippen molar-refractivity contribution in [2.75, 3.05) is 26.7 Å². The standard InChI is InChI=1S/C21H26N2O2/c1-15-7-6-8-17(13-15)16(2)21(24)23-12-11-22-14-19(23)18-9-4-5-10-20(18)25-3/h4-10,13,16,19,22H,11-12,14H2,1-3H3. The Balaban J connectivity index is 1.89. The summed E-state index contributed by atoms with van der Waals surface area (Å²) in [7, 11) is 1.68. The summed E-state index contributed by atoms with van der Waals surface area (Å²) >= 11 is 0. The highest BCUT2D eigenvalue weighted by Crippen LogP contribution is 2.32. The second kappa shape index (κ2) is 7.70. The lowest BCUT2D eigenvalue weighted by atomic mass is 9.95. The molecule has 0 saturated carbocycles. The van der Waals surface area contributed by atoms with Crippen LogP contribution in [0.15, 0.2) is 48.5 Å². The normalized spacial score (nSPS) is 18.7. The highest BCUT2D eigenvalue weighted by Gasteiger charge is 2.32. The predicted octanol–water partition coefficient (Wildman–Crippen LogP) is 3.28. The molecule has 0 radical (unpaired) electrons. The van der Waals surface area contributed by atoms with Crippen LogP contribution < -0.4 is 10.1 Å². The van der Waals surface area contributed by atoms with Gasteiger partial charge in [0.05, 0.1) is 19.1 Å². The Morgan fingerprint density at radius 3 is 2.80 bits per heavy atom. The van der Waals surface area contributed by atoms with Gasteiger partial charge < -0.3 is 15.0 Å². The smallest absolute Gasteiger partial charge is 0.230 e. The summed E-state index contributed by atoms with van der Waals surface area (Å²) in [5.74, 6) is 0.843. The van der Waals surface area contributed by atoms with E-state index in [-0.39, 0.29) is 17.9 Å². The minimum atomic E-state index is -0.157. The van der Waals surface area contributed by atoms with E-state index >= 15 is 0 Å². The minimum absolute atomic E-state index is 0.00957. The maximum atomic E-state index is 13.3. The number of hydrogen-bond acceptors (Lipinski definition) is 3. The molecule has 132 valence electrons. The molecule has 1 aliphatic rings. The first-order valence-corrected chi connectivity index (χ1v) is 8.82. The van der Waals surface area contributed by atoms with Crippen molar-refractivity contribution in [3.8, 4) is 5.75 Å². The molecular weight excluding hydrogens is 312 g/mol. The number of nitrogens with zero attached hydrogens (tertiary/aromatic N) is 1. The van der Waals surface area contributed by atoms with Crippen molar-refractivity contribution < 1.29 is 9.53 Å². The zero-order valence-corrected chi connectivity index (χ0v) is 15.2. The molecule has 0 bridgehead atoms. The summed E-state index contributed by atoms with van der Waals surface area (Å²) in [6, 6.07) is 16.2. The highest BCUT2D eigenvalue weighted by molar-refractivity contribution is 5.84. The number of piperazine rings is 1. The van der Waals surface area contributed by atoms with Crippen LogP contribution in [0.2, 0.25) is 0 Å². The third-order valence-electron chi connectivity index (χ3n) is 4.94. The van der Waals surface area contributed by atoms with Gasteiger partial charge >= 0.3 is 0 Å². The summed E-state index contributed by atoms with van der Waals surface area (Å²) in [5, 5.41) is 3.41. The molecule has 4 nitrogen and oxygen atoms in total. The topological polar surface area (TPSA) is 41.6 Å². The van der Waals surface area contributed by atoms with E-state index in [1.165, 1.54) is 5.56 Å². The summed E-state index contributed by atoms with van der Waals surface area (Å²) in [6.07, 6.45) is 0. The SMILES string of the molecule is COc1ccccc1C1CNCCN1C(=O)C(C)c1cccc(C)c1. The van der Waals surface area contributed by atoms with Crippen LogP contribution in [0.3, 0.4) is 0 Å². The average molecular weight is 338 g/mol. The van der Waals surface area contributed by atoms with Crippen molar-refractivity contribution in [3.63, 3.8) is 0 Å². The predicted molar refractivity (Wildman–Crippen MR) is 99.9 cm³/mol. The maximum Gasteiger partial charge on any atom is 0.230 e. The zero-order chi connectivity index (χ0) is 17.8. The van der Waals surface area contributed by atoms with Crippen LogP contribution in [-0.4, -0.2) is 37.6 Å². The molecule has 2 aromatic rings. The Hall–Kier alpha value is -2.33. The van der Waals surface area contributed by atoms with E-state index in [1.807, 2.05) is 48.2 Å². The van der Waals surface area contributed by atoms with E-state index in [0.29, 0.717) is 6.54 Å². The molecule has 2 atom stereocenters. The van der Waals surface area contributed by atoms with Gasteiger partial charge in [0.25, 0.3) is 0 Å². The van der Waals surface area contributed by atoms with E-state index in [2.05, 4.69) is 24.4 Å². The van der Waals surface area contributed by atoms with Gasteiger partial charge in [0, 0.05) is 25.2 Å². The number of para-hydroxylation sites is 1. The quantitative estimate of drug-likeness (QED) is 0.930. The van der Waals surface area contributed by atoms with E-state index in [9.17, 15) is 4.79 Å². The third-order valence-corrected chi connectivity index (χ3v) is 4.94. The molecule has 1 saturated heterocycles. The number of nitrogens with one attached hydrogen (secondary N) is 1. The fourth-order valence-electron chi connectivity index (χ4n) is 3.52. The molecule has 1 fully saturated rings. The molecule has 3 rings (SSSR count). The number of hydrogen-bond donors (Lipinski definition) is 1. The first-order valence-electron chi connectivity index (χ1n) is 8.82. The summed E-state index contributed by atoms with van der Waals surface area (Å²) in [6.45, 7) is 6.32. The molecule has 25 heavy (non-hydrogen) atoms. The van der Waals surface area contributed by atoms with Crippen molar-refractivity contribution in [3.05, 3.63) is 65.2 Å². The highest BCUT2D eigenvalue weighted by atomic mass is 16.5. The monoisotopic (exact) mass is 338 g/mol. The molecule has 1 aliphatic heterocycles. The largest absolute Gasteiger partial charge is 0.496 e. The van der Waals surface area contributed by atoms with Crippen molar-refractivity contribution in [1.29, 1.82) is 0 Å². The molecule has 2 aromatic carbocycles. The molecule has 0 spiro atoms. The number of aryl methyl sites for hydroxylation is 1. The second-order valence-corrected chi connectivity index (χ2v) is 6.63. The van der Waals surface area contributed by atoms with E-state index < -0.39 is 0 Å². The molecule has 2 unspecified atom stereocenters. The van der Waals surface area contributed by atoms with Gasteiger partial charge in [-0.25, -0.2) is 0 Å². The first kappa shape index (κ1) is 17.5. The van der Waals surface area contributed by atoms with Crippen molar-refractivity contribution in [2.45, 2.75) is 25.8 Å². The van der Waals surface area contributed by atoms with Gasteiger partial charge in [-0.2, -0.15) is 0 Å². The summed E-state index contributed by atoms with van der Waals surface area (Å²) in [4.78, 5) is 15.3. The minimum Gasteiger partial charge on any atom is -0.496 e. The molecule has 1 N–H and O–H groups in total. The van der Waals surface area contributed by atoms with Gasteiger partial charge in [0.2, 0.25) is 5.91 Å². The number of carbonyl (C=O) groups excluding carboxylic acids is 1. The Morgan fingerprint density at radius 1 is 1.24 bits per heavy atom. The average Bonchev–Trinajstić information content (AvgIpc) is 2.66. The van der Waals surface area contributed by atoms with Gasteiger partial charge in [-0.3, -0.25) is 4.79 Å². The number of rotatable bonds is 4. The summed E-state index contributed by atoms with van der Waals surface area (Å²) in [5.41, 5.74) is 3.31. The van der Waals surface area contributed by atoms with Crippen molar-refractivity contribution in [2.24, 2.45) is 0 Å². The molecule has 0 aliphatic carbocycles. The fraction of sp³-hybridized carbons (Fsp3) is 0.381. The van der Waals surface area contributed by atoms with Crippen molar-refractivity contribution in [1.82, 2.24) is 10.2 Å². The zero-order valence-electron chi connectivity index (χ0n) is 15.2. The van der Waals surface area contributed by atoms with Crippen LogP contribution in [0.1, 0.15) is 35.6 Å². The van der Waals surface area contributed by atoms with Crippen LogP contribution in [0.4, 0.5) is 0 Å². The lowest BCUT2D eigenvalue weighted by Gasteiger charge is -2.38. The Morgan fingerprint density at radius 2 is 2.04 bits per heavy atom. The van der Waals surface area contributed by atoms with Gasteiger partial charge in [0.15, 0.2) is 0 Å². The Bertz CT molecular complexity index is 744. The molecule has 4 heteroatoms. The fourth-order valence-corrected chi connectivity index (χ4v) is 3.52. The van der Waals surface area contributed by atoms with Gasteiger partial charge in [-0.05, 0) is 25.5 Å².